The van der Waals surface area contributed by atoms with Gasteiger partial charge in [-0.2, -0.15) is 0 Å². The molecule has 0 N–H and O–H groups in total. The number of methoxy groups -OCH3 is 1. The van der Waals surface area contributed by atoms with Gasteiger partial charge in [0.05, 0.1) is 20.3 Å². The Bertz CT molecular complexity index is 585. The Morgan fingerprint density at radius 3 is 2.12 bits per heavy atom. The maximum absolute atomic E-state index is 12.6. The van der Waals surface area contributed by atoms with Crippen LogP contribution < -0.4 is 0 Å². The fourth-order valence-electron chi connectivity index (χ4n) is 1.80. The molecule has 0 aromatic heterocycles. The van der Waals surface area contributed by atoms with E-state index >= 15 is 0 Å². The molecule has 1 unspecified atom stereocenters. The van der Waals surface area contributed by atoms with Crippen molar-refractivity contribution >= 4 is 53.9 Å². The fourth-order valence-corrected chi connectivity index (χ4v) is 5.62. The molecule has 9 heteroatoms. The lowest BCUT2D eigenvalue weighted by Gasteiger charge is -2.20. The summed E-state index contributed by atoms with van der Waals surface area (Å²) in [5.41, 5.74) is 1.06. The van der Waals surface area contributed by atoms with Gasteiger partial charge < -0.3 is 13.8 Å². The van der Waals surface area contributed by atoms with E-state index in [1.54, 1.807) is 19.1 Å². The smallest absolute Gasteiger partial charge is 0.319 e. The number of benzene rings is 1. The third-order valence-corrected chi connectivity index (χ3v) is 7.54. The molecular formula is C16H21Cl2O5PS. The van der Waals surface area contributed by atoms with Crippen LogP contribution >= 0.6 is 42.2 Å². The van der Waals surface area contributed by atoms with Gasteiger partial charge in [0.15, 0.2) is 5.78 Å². The number of esters is 1. The molecular weight excluding hydrogens is 406 g/mol. The molecule has 25 heavy (non-hydrogen) atoms. The minimum atomic E-state index is -1.34. The number of rotatable bonds is 10. The molecule has 0 heterocycles. The van der Waals surface area contributed by atoms with Gasteiger partial charge in [-0.1, -0.05) is 34.6 Å². The van der Waals surface area contributed by atoms with Crippen LogP contribution in [0, 0.1) is 6.92 Å². The van der Waals surface area contributed by atoms with Gasteiger partial charge in [0.2, 0.25) is 7.58 Å². The van der Waals surface area contributed by atoms with Crippen molar-refractivity contribution in [2.75, 3.05) is 20.3 Å². The molecule has 0 saturated carbocycles. The van der Waals surface area contributed by atoms with Crippen molar-refractivity contribution < 1.29 is 23.4 Å². The highest BCUT2D eigenvalue weighted by Crippen LogP contribution is 2.54. The summed E-state index contributed by atoms with van der Waals surface area (Å²) in [4.78, 5) is 24.6. The van der Waals surface area contributed by atoms with Crippen molar-refractivity contribution in [1.82, 2.24) is 0 Å². The number of ether oxygens (including phenoxy) is 1. The molecule has 5 nitrogen and oxygen atoms in total. The van der Waals surface area contributed by atoms with Gasteiger partial charge in [-0.15, -0.1) is 0 Å². The van der Waals surface area contributed by atoms with E-state index < -0.39 is 18.8 Å². The predicted molar refractivity (Wildman–Crippen MR) is 104 cm³/mol. The van der Waals surface area contributed by atoms with Crippen molar-refractivity contribution in [2.45, 2.75) is 32.4 Å². The Hall–Kier alpha value is -0.360. The molecule has 0 spiro atoms. The molecule has 1 atom stereocenters. The summed E-state index contributed by atoms with van der Waals surface area (Å²) < 4.78 is 15.8. The van der Waals surface area contributed by atoms with E-state index in [1.165, 1.54) is 18.5 Å². The zero-order chi connectivity index (χ0) is 19.0. The molecule has 1 rings (SSSR count). The van der Waals surface area contributed by atoms with Crippen LogP contribution in [-0.2, 0) is 18.6 Å². The van der Waals surface area contributed by atoms with Crippen LogP contribution in [-0.4, -0.2) is 37.3 Å². The fraction of sp³-hybridized carbons (Fsp3) is 0.500. The van der Waals surface area contributed by atoms with Crippen LogP contribution in [0.4, 0.5) is 0 Å². The maximum Gasteiger partial charge on any atom is 0.319 e. The van der Waals surface area contributed by atoms with Crippen LogP contribution in [0.1, 0.15) is 36.2 Å². The molecule has 0 aliphatic rings. The Morgan fingerprint density at radius 2 is 1.68 bits per heavy atom. The molecule has 0 radical (unpaired) electrons. The van der Waals surface area contributed by atoms with Crippen LogP contribution in [0.25, 0.3) is 0 Å². The first-order chi connectivity index (χ1) is 11.8. The Labute approximate surface area is 163 Å². The lowest BCUT2D eigenvalue weighted by atomic mass is 10.0. The summed E-state index contributed by atoms with van der Waals surface area (Å²) in [5, 5.41) is 0.0774. The van der Waals surface area contributed by atoms with Crippen molar-refractivity contribution in [2.24, 2.45) is 0 Å². The third-order valence-electron chi connectivity index (χ3n) is 3.12. The zero-order valence-electron chi connectivity index (χ0n) is 14.5. The number of carbonyl (C=O) groups is 2. The molecule has 1 aromatic rings. The summed E-state index contributed by atoms with van der Waals surface area (Å²) in [7, 11) is -0.0626. The zero-order valence-corrected chi connectivity index (χ0v) is 17.7. The Kier molecular flexibility index (Phi) is 10.3. The van der Waals surface area contributed by atoms with Gasteiger partial charge in [0, 0.05) is 22.0 Å². The lowest BCUT2D eigenvalue weighted by molar-refractivity contribution is -0.139. The Morgan fingerprint density at radius 1 is 1.16 bits per heavy atom. The van der Waals surface area contributed by atoms with Crippen LogP contribution in [0.2, 0.25) is 10.0 Å². The second kappa shape index (κ2) is 11.4. The van der Waals surface area contributed by atoms with Gasteiger partial charge in [0.1, 0.15) is 5.25 Å². The summed E-state index contributed by atoms with van der Waals surface area (Å²) >= 11 is 13.3. The number of carbonyl (C=O) groups excluding carboxylic acids is 2. The predicted octanol–water partition coefficient (Wildman–Crippen LogP) is 5.45. The second-order valence-electron chi connectivity index (χ2n) is 4.87. The first-order valence-corrected chi connectivity index (χ1v) is 11.0. The van der Waals surface area contributed by atoms with E-state index in [1.807, 2.05) is 13.8 Å². The molecule has 0 saturated heterocycles. The van der Waals surface area contributed by atoms with Gasteiger partial charge >= 0.3 is 5.97 Å². The first kappa shape index (κ1) is 22.7. The van der Waals surface area contributed by atoms with E-state index in [-0.39, 0.29) is 12.2 Å². The highest BCUT2D eigenvalue weighted by atomic mass is 35.5. The second-order valence-corrected chi connectivity index (χ2v) is 8.95. The number of hydrogen-bond acceptors (Lipinski definition) is 6. The average Bonchev–Trinajstić information content (AvgIpc) is 2.58. The lowest BCUT2D eigenvalue weighted by Crippen LogP contribution is -2.22. The van der Waals surface area contributed by atoms with E-state index in [2.05, 4.69) is 0 Å². The largest absolute Gasteiger partial charge is 0.468 e. The summed E-state index contributed by atoms with van der Waals surface area (Å²) in [6.45, 7) is 6.34. The molecule has 0 bridgehead atoms. The quantitative estimate of drug-likeness (QED) is 0.281. The highest BCUT2D eigenvalue weighted by Gasteiger charge is 2.29. The SMILES string of the molecule is CCOP(OCC)SC(CC(=O)c1cc(Cl)c(C)c(Cl)c1)C(=O)OC. The highest BCUT2D eigenvalue weighted by molar-refractivity contribution is 8.53. The van der Waals surface area contributed by atoms with Crippen molar-refractivity contribution in [1.29, 1.82) is 0 Å². The average molecular weight is 427 g/mol. The monoisotopic (exact) mass is 426 g/mol. The molecule has 140 valence electrons. The van der Waals surface area contributed by atoms with Gasteiger partial charge in [-0.05, 0) is 38.5 Å². The standard InChI is InChI=1S/C16H21Cl2O5PS/c1-5-22-24(23-6-2)25-15(16(20)21-4)9-14(19)11-7-12(17)10(3)13(18)8-11/h7-8,15H,5-6,9H2,1-4H3. The summed E-state index contributed by atoms with van der Waals surface area (Å²) in [6, 6.07) is 3.11. The molecule has 0 aliphatic heterocycles. The van der Waals surface area contributed by atoms with E-state index in [0.29, 0.717) is 34.4 Å². The molecule has 0 amide bonds. The topological polar surface area (TPSA) is 61.8 Å². The van der Waals surface area contributed by atoms with Gasteiger partial charge in [0.25, 0.3) is 0 Å². The number of ketones is 1. The number of Topliss-reactive ketones (excluding diaryl/α,β-unsaturated/α-hetero) is 1. The first-order valence-electron chi connectivity index (χ1n) is 7.63. The Balaban J connectivity index is 2.94. The van der Waals surface area contributed by atoms with Gasteiger partial charge in [-0.25, -0.2) is 0 Å². The van der Waals surface area contributed by atoms with Crippen molar-refractivity contribution in [3.63, 3.8) is 0 Å². The van der Waals surface area contributed by atoms with Crippen LogP contribution in [0.15, 0.2) is 12.1 Å². The third kappa shape index (κ3) is 7.05. The van der Waals surface area contributed by atoms with Gasteiger partial charge in [-0.3, -0.25) is 9.59 Å². The molecule has 0 fully saturated rings. The maximum atomic E-state index is 12.6. The minimum Gasteiger partial charge on any atom is -0.468 e. The van der Waals surface area contributed by atoms with Crippen molar-refractivity contribution in [3.05, 3.63) is 33.3 Å². The number of halogens is 2. The van der Waals surface area contributed by atoms with E-state index in [9.17, 15) is 9.59 Å². The van der Waals surface area contributed by atoms with E-state index in [0.717, 1.165) is 0 Å². The normalized spacial score (nSPS) is 12.3. The summed E-state index contributed by atoms with van der Waals surface area (Å²) in [5.74, 6) is -0.760. The van der Waals surface area contributed by atoms with E-state index in [4.69, 9.17) is 37.0 Å². The number of hydrogen-bond donors (Lipinski definition) is 0. The van der Waals surface area contributed by atoms with Crippen LogP contribution in [0.5, 0.6) is 0 Å². The molecule has 1 aromatic carbocycles. The summed E-state index contributed by atoms with van der Waals surface area (Å²) in [6.07, 6.45) is -0.0635. The molecule has 0 aliphatic carbocycles. The van der Waals surface area contributed by atoms with Crippen molar-refractivity contribution in [3.8, 4) is 0 Å². The van der Waals surface area contributed by atoms with Crippen LogP contribution in [0.3, 0.4) is 0 Å². The minimum absolute atomic E-state index is 0.0635.